The van der Waals surface area contributed by atoms with E-state index in [2.05, 4.69) is 9.97 Å². The number of phenols is 1. The summed E-state index contributed by atoms with van der Waals surface area (Å²) in [5.41, 5.74) is 2.14. The van der Waals surface area contributed by atoms with Gasteiger partial charge in [0.05, 0.1) is 5.69 Å². The van der Waals surface area contributed by atoms with Crippen LogP contribution >= 0.6 is 0 Å². The van der Waals surface area contributed by atoms with Crippen molar-refractivity contribution in [3.63, 3.8) is 0 Å². The monoisotopic (exact) mass is 222 g/mol. The summed E-state index contributed by atoms with van der Waals surface area (Å²) in [6.45, 7) is 0. The fraction of sp³-hybridized carbons (Fsp3) is 0. The van der Waals surface area contributed by atoms with Crippen molar-refractivity contribution >= 4 is 11.0 Å². The minimum atomic E-state index is 0.232. The maximum absolute atomic E-state index is 9.78. The summed E-state index contributed by atoms with van der Waals surface area (Å²) >= 11 is 0. The Morgan fingerprint density at radius 1 is 0.882 bits per heavy atom. The fourth-order valence-corrected chi connectivity index (χ4v) is 1.79. The number of benzene rings is 1. The van der Waals surface area contributed by atoms with Crippen LogP contribution in [0.25, 0.3) is 22.3 Å². The maximum atomic E-state index is 9.78. The second-order valence-electron chi connectivity index (χ2n) is 3.76. The van der Waals surface area contributed by atoms with Crippen LogP contribution in [0.15, 0.2) is 54.7 Å². The Morgan fingerprint density at radius 2 is 1.76 bits per heavy atom. The molecule has 3 rings (SSSR count). The van der Waals surface area contributed by atoms with Crippen LogP contribution in [0.2, 0.25) is 0 Å². The number of pyridine rings is 2. The Bertz CT molecular complexity index is 680. The molecule has 1 N–H and O–H groups in total. The Hall–Kier alpha value is -2.42. The molecule has 0 aliphatic rings. The van der Waals surface area contributed by atoms with Gasteiger partial charge in [0.1, 0.15) is 5.75 Å². The number of para-hydroxylation sites is 1. The zero-order valence-electron chi connectivity index (χ0n) is 9.04. The molecule has 3 heteroatoms. The molecule has 0 bridgehead atoms. The summed E-state index contributed by atoms with van der Waals surface area (Å²) in [5.74, 6) is 0.232. The first kappa shape index (κ1) is 9.78. The highest BCUT2D eigenvalue weighted by Gasteiger charge is 2.05. The van der Waals surface area contributed by atoms with Crippen LogP contribution in [0.3, 0.4) is 0 Å². The third-order valence-corrected chi connectivity index (χ3v) is 2.64. The van der Waals surface area contributed by atoms with Gasteiger partial charge < -0.3 is 5.11 Å². The molecule has 0 saturated carbocycles. The maximum Gasteiger partial charge on any atom is 0.159 e. The molecule has 17 heavy (non-hydrogen) atoms. The van der Waals surface area contributed by atoms with Gasteiger partial charge in [-0.25, -0.2) is 9.97 Å². The molecular weight excluding hydrogens is 212 g/mol. The largest absolute Gasteiger partial charge is 0.507 e. The Labute approximate surface area is 98.4 Å². The van der Waals surface area contributed by atoms with Crippen LogP contribution in [0, 0.1) is 0 Å². The van der Waals surface area contributed by atoms with E-state index in [0.717, 1.165) is 16.6 Å². The number of aromatic hydroxyl groups is 1. The number of hydrogen-bond donors (Lipinski definition) is 1. The summed E-state index contributed by atoms with van der Waals surface area (Å²) in [5, 5.41) is 10.8. The molecule has 2 aromatic heterocycles. The highest BCUT2D eigenvalue weighted by Crippen LogP contribution is 2.27. The number of fused-ring (bicyclic) bond motifs is 1. The number of nitrogens with zero attached hydrogens (tertiary/aromatic N) is 2. The van der Waals surface area contributed by atoms with Crippen LogP contribution in [0.5, 0.6) is 5.75 Å². The molecule has 0 atom stereocenters. The van der Waals surface area contributed by atoms with Gasteiger partial charge in [-0.3, -0.25) is 0 Å². The van der Waals surface area contributed by atoms with E-state index < -0.39 is 0 Å². The van der Waals surface area contributed by atoms with Crippen molar-refractivity contribution in [1.82, 2.24) is 9.97 Å². The minimum Gasteiger partial charge on any atom is -0.507 e. The number of rotatable bonds is 1. The average Bonchev–Trinajstić information content (AvgIpc) is 2.39. The van der Waals surface area contributed by atoms with Crippen molar-refractivity contribution in [2.45, 2.75) is 0 Å². The van der Waals surface area contributed by atoms with Gasteiger partial charge >= 0.3 is 0 Å². The number of aromatic nitrogens is 2. The zero-order valence-corrected chi connectivity index (χ0v) is 9.04. The van der Waals surface area contributed by atoms with Crippen molar-refractivity contribution in [2.75, 3.05) is 0 Å². The number of hydrogen-bond acceptors (Lipinski definition) is 3. The van der Waals surface area contributed by atoms with E-state index in [9.17, 15) is 5.11 Å². The lowest BCUT2D eigenvalue weighted by atomic mass is 10.1. The smallest absolute Gasteiger partial charge is 0.159 e. The Morgan fingerprint density at radius 3 is 2.65 bits per heavy atom. The SMILES string of the molecule is Oc1ccccc1-c1ccc2cccnc2n1. The number of phenolic OH excluding ortho intramolecular Hbond substituents is 1. The van der Waals surface area contributed by atoms with Crippen LogP contribution in [0.4, 0.5) is 0 Å². The Balaban J connectivity index is 2.22. The van der Waals surface area contributed by atoms with E-state index in [-0.39, 0.29) is 5.75 Å². The molecule has 2 heterocycles. The van der Waals surface area contributed by atoms with Gasteiger partial charge in [0, 0.05) is 17.1 Å². The molecule has 0 fully saturated rings. The Kier molecular flexibility index (Phi) is 2.22. The third kappa shape index (κ3) is 1.72. The normalized spacial score (nSPS) is 10.6. The molecule has 3 aromatic rings. The predicted octanol–water partition coefficient (Wildman–Crippen LogP) is 3.00. The summed E-state index contributed by atoms with van der Waals surface area (Å²) in [4.78, 5) is 8.64. The molecule has 1 aromatic carbocycles. The van der Waals surface area contributed by atoms with Gasteiger partial charge in [0.15, 0.2) is 5.65 Å². The van der Waals surface area contributed by atoms with Crippen molar-refractivity contribution in [2.24, 2.45) is 0 Å². The predicted molar refractivity (Wildman–Crippen MR) is 66.6 cm³/mol. The summed E-state index contributed by atoms with van der Waals surface area (Å²) in [6, 6.07) is 14.8. The molecule has 3 nitrogen and oxygen atoms in total. The molecular formula is C14H10N2O. The second-order valence-corrected chi connectivity index (χ2v) is 3.76. The van der Waals surface area contributed by atoms with Gasteiger partial charge in [-0.2, -0.15) is 0 Å². The summed E-state index contributed by atoms with van der Waals surface area (Å²) in [6.07, 6.45) is 1.71. The van der Waals surface area contributed by atoms with E-state index in [1.54, 1.807) is 18.3 Å². The summed E-state index contributed by atoms with van der Waals surface area (Å²) in [7, 11) is 0. The molecule has 82 valence electrons. The van der Waals surface area contributed by atoms with Gasteiger partial charge in [-0.15, -0.1) is 0 Å². The van der Waals surface area contributed by atoms with E-state index in [1.165, 1.54) is 0 Å². The lowest BCUT2D eigenvalue weighted by molar-refractivity contribution is 0.477. The van der Waals surface area contributed by atoms with Crippen LogP contribution < -0.4 is 0 Å². The second kappa shape index (κ2) is 3.87. The first-order chi connectivity index (χ1) is 8.34. The molecule has 0 spiro atoms. The molecule has 0 amide bonds. The van der Waals surface area contributed by atoms with E-state index in [1.807, 2.05) is 36.4 Å². The van der Waals surface area contributed by atoms with Gasteiger partial charge in [0.2, 0.25) is 0 Å². The van der Waals surface area contributed by atoms with Crippen molar-refractivity contribution in [1.29, 1.82) is 0 Å². The first-order valence-corrected chi connectivity index (χ1v) is 5.35. The third-order valence-electron chi connectivity index (χ3n) is 2.64. The lowest BCUT2D eigenvalue weighted by Gasteiger charge is -2.04. The van der Waals surface area contributed by atoms with E-state index in [4.69, 9.17) is 0 Å². The quantitative estimate of drug-likeness (QED) is 0.688. The molecule has 0 unspecified atom stereocenters. The average molecular weight is 222 g/mol. The molecule has 0 aliphatic heterocycles. The van der Waals surface area contributed by atoms with Crippen LogP contribution in [0.1, 0.15) is 0 Å². The highest BCUT2D eigenvalue weighted by molar-refractivity contribution is 5.79. The molecule has 0 saturated heterocycles. The lowest BCUT2D eigenvalue weighted by Crippen LogP contribution is -1.87. The van der Waals surface area contributed by atoms with Crippen molar-refractivity contribution in [3.05, 3.63) is 54.7 Å². The first-order valence-electron chi connectivity index (χ1n) is 5.35. The summed E-state index contributed by atoms with van der Waals surface area (Å²) < 4.78 is 0. The zero-order chi connectivity index (χ0) is 11.7. The topological polar surface area (TPSA) is 46.0 Å². The molecule has 0 aliphatic carbocycles. The van der Waals surface area contributed by atoms with Gasteiger partial charge in [-0.05, 0) is 36.4 Å². The van der Waals surface area contributed by atoms with Crippen molar-refractivity contribution in [3.8, 4) is 17.0 Å². The van der Waals surface area contributed by atoms with Crippen LogP contribution in [-0.4, -0.2) is 15.1 Å². The highest BCUT2D eigenvalue weighted by atomic mass is 16.3. The van der Waals surface area contributed by atoms with Crippen molar-refractivity contribution < 1.29 is 5.11 Å². The fourth-order valence-electron chi connectivity index (χ4n) is 1.79. The minimum absolute atomic E-state index is 0.232. The van der Waals surface area contributed by atoms with Gasteiger partial charge in [-0.1, -0.05) is 12.1 Å². The van der Waals surface area contributed by atoms with E-state index >= 15 is 0 Å². The van der Waals surface area contributed by atoms with Gasteiger partial charge in [0.25, 0.3) is 0 Å². The van der Waals surface area contributed by atoms with Crippen LogP contribution in [-0.2, 0) is 0 Å². The van der Waals surface area contributed by atoms with E-state index in [0.29, 0.717) is 5.65 Å². The standard InChI is InChI=1S/C14H10N2O/c17-13-6-2-1-5-11(13)12-8-7-10-4-3-9-15-14(10)16-12/h1-9,17H. The molecule has 0 radical (unpaired) electrons.